The van der Waals surface area contributed by atoms with Crippen molar-refractivity contribution in [1.82, 2.24) is 9.80 Å². The van der Waals surface area contributed by atoms with Crippen LogP contribution in [0.1, 0.15) is 139 Å². The lowest BCUT2D eigenvalue weighted by Crippen LogP contribution is -2.48. The second-order valence-corrected chi connectivity index (χ2v) is 17.2. The Morgan fingerprint density at radius 2 is 1.12 bits per heavy atom. The van der Waals surface area contributed by atoms with Crippen LogP contribution in [-0.4, -0.2) is 59.3 Å². The molecule has 5 amide bonds. The lowest BCUT2D eigenvalue weighted by atomic mass is 9.78. The van der Waals surface area contributed by atoms with E-state index in [0.717, 1.165) is 24.0 Å². The lowest BCUT2D eigenvalue weighted by molar-refractivity contribution is 0.0386. The maximum absolute atomic E-state index is 13.9. The minimum atomic E-state index is -1.01. The molecule has 0 unspecified atom stereocenters. The van der Waals surface area contributed by atoms with Crippen molar-refractivity contribution in [1.29, 1.82) is 0 Å². The number of ether oxygens (including phenoxy) is 3. The molecule has 0 saturated heterocycles. The summed E-state index contributed by atoms with van der Waals surface area (Å²) < 4.78 is 17.6. The van der Waals surface area contributed by atoms with Gasteiger partial charge in [0.1, 0.15) is 28.7 Å². The molecule has 6 aromatic carbocycles. The Hall–Kier alpha value is -7.86. The first-order valence-electron chi connectivity index (χ1n) is 22.4. The molecule has 0 spiro atoms. The van der Waals surface area contributed by atoms with Gasteiger partial charge in [-0.05, 0) is 127 Å². The van der Waals surface area contributed by atoms with Gasteiger partial charge in [0.15, 0.2) is 6.29 Å². The summed E-state index contributed by atoms with van der Waals surface area (Å²) in [6.45, 7) is 10.5. The van der Waals surface area contributed by atoms with E-state index in [1.165, 1.54) is 29.0 Å². The second-order valence-electron chi connectivity index (χ2n) is 17.2. The Kier molecular flexibility index (Phi) is 12.7. The van der Waals surface area contributed by atoms with E-state index < -0.39 is 28.7 Å². The van der Waals surface area contributed by atoms with Crippen LogP contribution in [0.2, 0.25) is 0 Å². The highest BCUT2D eigenvalue weighted by atomic mass is 16.5. The number of unbranched alkanes of at least 4 members (excludes halogenated alkanes) is 1. The fourth-order valence-corrected chi connectivity index (χ4v) is 8.99. The molecule has 12 nitrogen and oxygen atoms in total. The zero-order chi connectivity index (χ0) is 47.6. The first-order chi connectivity index (χ1) is 32.3. The fraction of sp³-hybridized carbons (Fsp3) is 0.236. The predicted octanol–water partition coefficient (Wildman–Crippen LogP) is 11.4. The van der Waals surface area contributed by atoms with E-state index in [9.17, 15) is 28.8 Å². The van der Waals surface area contributed by atoms with Crippen LogP contribution in [0, 0.1) is 0 Å². The zero-order valence-corrected chi connectivity index (χ0v) is 38.3. The molecule has 0 aromatic heterocycles. The Balaban J connectivity index is 0.940. The summed E-state index contributed by atoms with van der Waals surface area (Å²) in [7, 11) is 1.50. The van der Waals surface area contributed by atoms with Crippen LogP contribution in [0.15, 0.2) is 127 Å². The summed E-state index contributed by atoms with van der Waals surface area (Å²) in [5.74, 6) is 0.474. The number of fused-ring (bicyclic) bond motifs is 2. The molecule has 12 heteroatoms. The van der Waals surface area contributed by atoms with Gasteiger partial charge in [-0.3, -0.25) is 38.6 Å². The van der Waals surface area contributed by atoms with Gasteiger partial charge in [-0.25, -0.2) is 0 Å². The van der Waals surface area contributed by atoms with Gasteiger partial charge in [-0.1, -0.05) is 77.4 Å². The Morgan fingerprint density at radius 1 is 0.597 bits per heavy atom. The van der Waals surface area contributed by atoms with Crippen molar-refractivity contribution in [2.75, 3.05) is 19.0 Å². The monoisotopic (exact) mass is 897 g/mol. The molecular weight excluding hydrogens is 847 g/mol. The van der Waals surface area contributed by atoms with E-state index in [1.807, 2.05) is 75.4 Å². The van der Waals surface area contributed by atoms with Crippen LogP contribution in [0.25, 0.3) is 0 Å². The topological polar surface area (TPSA) is 149 Å². The minimum Gasteiger partial charge on any atom is -0.497 e. The normalized spacial score (nSPS) is 13.4. The van der Waals surface area contributed by atoms with Gasteiger partial charge < -0.3 is 19.5 Å². The van der Waals surface area contributed by atoms with Gasteiger partial charge in [0.05, 0.1) is 40.5 Å². The molecule has 2 aliphatic heterocycles. The van der Waals surface area contributed by atoms with Gasteiger partial charge in [0.25, 0.3) is 29.5 Å². The van der Waals surface area contributed by atoms with Crippen molar-refractivity contribution in [2.45, 2.75) is 71.3 Å². The van der Waals surface area contributed by atoms with E-state index in [4.69, 9.17) is 14.2 Å². The molecule has 67 heavy (non-hydrogen) atoms. The third-order valence-corrected chi connectivity index (χ3v) is 13.0. The average Bonchev–Trinajstić information content (AvgIpc) is 3.74. The van der Waals surface area contributed by atoms with E-state index in [0.29, 0.717) is 82.4 Å². The molecular formula is C55H51N3O9. The number of methoxy groups -OCH3 is 1. The molecule has 0 saturated carbocycles. The number of aldehydes is 1. The van der Waals surface area contributed by atoms with Crippen molar-refractivity contribution in [3.63, 3.8) is 0 Å². The van der Waals surface area contributed by atoms with Crippen molar-refractivity contribution < 1.29 is 43.0 Å². The molecule has 0 radical (unpaired) electrons. The minimum absolute atomic E-state index is 0.100. The highest BCUT2D eigenvalue weighted by molar-refractivity contribution is 6.22. The third-order valence-electron chi connectivity index (χ3n) is 13.0. The number of hydrogen-bond acceptors (Lipinski definition) is 9. The van der Waals surface area contributed by atoms with Crippen molar-refractivity contribution in [2.24, 2.45) is 0 Å². The SMILES string of the molecule is CCCCN1C(=O)c2ccc(Oc3ccc(C(C)(C)c4ccc(Oc5ccc(C=O)c(C(=O)Nc6cccc(C(CC)(CC)N7C(=O)c8ccc(OC)cc8C7=O)c6)c5)cc4)cc3)cc2C1=O. The molecule has 340 valence electrons. The number of carbonyl (C=O) groups excluding carboxylic acids is 6. The predicted molar refractivity (Wildman–Crippen MR) is 254 cm³/mol. The number of nitrogens with zero attached hydrogens (tertiary/aromatic N) is 2. The lowest BCUT2D eigenvalue weighted by Gasteiger charge is -2.40. The second kappa shape index (κ2) is 18.6. The van der Waals surface area contributed by atoms with Gasteiger partial charge in [0, 0.05) is 23.2 Å². The maximum Gasteiger partial charge on any atom is 0.262 e. The number of benzene rings is 6. The van der Waals surface area contributed by atoms with E-state index in [2.05, 4.69) is 19.2 Å². The summed E-state index contributed by atoms with van der Waals surface area (Å²) in [6, 6.07) is 36.9. The van der Waals surface area contributed by atoms with Crippen LogP contribution in [-0.2, 0) is 11.0 Å². The number of anilines is 1. The van der Waals surface area contributed by atoms with Gasteiger partial charge in [-0.2, -0.15) is 0 Å². The standard InChI is InChI=1S/C55H51N3O9/c1-7-10-28-57-50(61)44-27-25-43(32-47(44)51(57)62)67-40-22-17-36(18-23-40)54(4,5)35-15-20-39(21-16-35)66-42-19-14-34(33-59)46(31-42)49(60)56-38-13-11-12-37(29-38)55(8-2,9-3)58-52(63)45-26-24-41(65-6)30-48(45)53(58)64/h11-27,29-33H,7-10,28H2,1-6H3,(H,56,60). The quantitative estimate of drug-likeness (QED) is 0.0697. The summed E-state index contributed by atoms with van der Waals surface area (Å²) >= 11 is 0. The molecule has 0 atom stereocenters. The molecule has 6 aromatic rings. The number of hydrogen-bond donors (Lipinski definition) is 1. The zero-order valence-electron chi connectivity index (χ0n) is 38.3. The average molecular weight is 898 g/mol. The number of rotatable bonds is 17. The molecule has 2 aliphatic rings. The smallest absolute Gasteiger partial charge is 0.262 e. The Morgan fingerprint density at radius 3 is 1.72 bits per heavy atom. The Bertz CT molecular complexity index is 2940. The highest BCUT2D eigenvalue weighted by Crippen LogP contribution is 2.43. The fourth-order valence-electron chi connectivity index (χ4n) is 8.99. The summed E-state index contributed by atoms with van der Waals surface area (Å²) in [4.78, 5) is 82.1. The van der Waals surface area contributed by atoms with Crippen LogP contribution < -0.4 is 19.5 Å². The first-order valence-corrected chi connectivity index (χ1v) is 22.4. The summed E-state index contributed by atoms with van der Waals surface area (Å²) in [5.41, 5.74) is 3.30. The molecule has 0 aliphatic carbocycles. The summed E-state index contributed by atoms with van der Waals surface area (Å²) in [6.07, 6.45) is 3.09. The highest BCUT2D eigenvalue weighted by Gasteiger charge is 2.48. The largest absolute Gasteiger partial charge is 0.497 e. The van der Waals surface area contributed by atoms with E-state index >= 15 is 0 Å². The van der Waals surface area contributed by atoms with Crippen LogP contribution in [0.4, 0.5) is 5.69 Å². The van der Waals surface area contributed by atoms with Crippen LogP contribution in [0.5, 0.6) is 28.7 Å². The number of amides is 5. The van der Waals surface area contributed by atoms with Crippen molar-refractivity contribution >= 4 is 41.5 Å². The van der Waals surface area contributed by atoms with Crippen LogP contribution in [0.3, 0.4) is 0 Å². The number of imide groups is 2. The van der Waals surface area contributed by atoms with Gasteiger partial charge in [0.2, 0.25) is 0 Å². The van der Waals surface area contributed by atoms with Gasteiger partial charge in [-0.15, -0.1) is 0 Å². The van der Waals surface area contributed by atoms with Gasteiger partial charge >= 0.3 is 0 Å². The third kappa shape index (κ3) is 8.46. The Labute approximate surface area is 389 Å². The number of carbonyl (C=O) groups is 6. The maximum atomic E-state index is 13.9. The molecule has 1 N–H and O–H groups in total. The molecule has 0 fully saturated rings. The van der Waals surface area contributed by atoms with E-state index in [-0.39, 0.29) is 28.5 Å². The number of nitrogens with one attached hydrogen (secondary N) is 1. The first kappa shape index (κ1) is 45.7. The molecule has 0 bridgehead atoms. The molecule has 8 rings (SSSR count). The summed E-state index contributed by atoms with van der Waals surface area (Å²) in [5, 5.41) is 2.91. The van der Waals surface area contributed by atoms with Crippen molar-refractivity contribution in [3.8, 4) is 28.7 Å². The van der Waals surface area contributed by atoms with Crippen LogP contribution >= 0.6 is 0 Å². The van der Waals surface area contributed by atoms with Crippen molar-refractivity contribution in [3.05, 3.63) is 177 Å². The van der Waals surface area contributed by atoms with E-state index in [1.54, 1.807) is 60.7 Å². The molecule has 2 heterocycles.